The molecule has 0 atom stereocenters. The largest absolute Gasteiger partial charge is 0.493 e. The van der Waals surface area contributed by atoms with E-state index in [9.17, 15) is 4.79 Å². The van der Waals surface area contributed by atoms with Gasteiger partial charge in [0.25, 0.3) is 0 Å². The molecule has 0 heterocycles. The summed E-state index contributed by atoms with van der Waals surface area (Å²) in [6, 6.07) is 3.74. The molecule has 0 amide bonds. The van der Waals surface area contributed by atoms with Crippen molar-refractivity contribution < 1.29 is 9.53 Å². The van der Waals surface area contributed by atoms with Crippen molar-refractivity contribution >= 4 is 44.3 Å². The predicted molar refractivity (Wildman–Crippen MR) is 68.0 cm³/mol. The molecule has 14 heavy (non-hydrogen) atoms. The number of carbonyl (C=O) groups excluding carboxylic acids is 1. The fraction of sp³-hybridized carbons (Fsp3) is 0.300. The summed E-state index contributed by atoms with van der Waals surface area (Å²) in [6.07, 6.45) is 0. The van der Waals surface area contributed by atoms with Crippen molar-refractivity contribution in [1.82, 2.24) is 0 Å². The van der Waals surface area contributed by atoms with Gasteiger partial charge in [0.1, 0.15) is 5.75 Å². The summed E-state index contributed by atoms with van der Waals surface area (Å²) in [7, 11) is 0. The number of rotatable bonds is 3. The van der Waals surface area contributed by atoms with E-state index in [0.717, 1.165) is 13.8 Å². The molecule has 0 fully saturated rings. The Balaban J connectivity index is 3.26. The molecule has 0 spiro atoms. The van der Waals surface area contributed by atoms with E-state index in [4.69, 9.17) is 4.74 Å². The Kier molecular flexibility index (Phi) is 4.37. The minimum atomic E-state index is 0.0443. The second-order valence-electron chi connectivity index (χ2n) is 2.72. The van der Waals surface area contributed by atoms with Gasteiger partial charge in [0.2, 0.25) is 0 Å². The maximum Gasteiger partial charge on any atom is 0.162 e. The summed E-state index contributed by atoms with van der Waals surface area (Å²) in [4.78, 5) is 11.4. The van der Waals surface area contributed by atoms with Gasteiger partial charge in [-0.2, -0.15) is 0 Å². The van der Waals surface area contributed by atoms with E-state index < -0.39 is 0 Å². The van der Waals surface area contributed by atoms with E-state index in [1.54, 1.807) is 6.92 Å². The maximum absolute atomic E-state index is 11.4. The minimum Gasteiger partial charge on any atom is -0.493 e. The van der Waals surface area contributed by atoms with Gasteiger partial charge in [0.15, 0.2) is 5.78 Å². The first-order valence-electron chi connectivity index (χ1n) is 4.19. The molecular weight excluding hydrogens is 359 g/mol. The average molecular weight is 369 g/mol. The van der Waals surface area contributed by atoms with Gasteiger partial charge in [-0.05, 0) is 64.5 Å². The molecule has 0 aliphatic carbocycles. The van der Waals surface area contributed by atoms with Crippen LogP contribution in [0.5, 0.6) is 5.75 Å². The summed E-state index contributed by atoms with van der Waals surface area (Å²) in [5, 5.41) is 0. The number of hydrogen-bond acceptors (Lipinski definition) is 2. The molecule has 1 aromatic carbocycles. The van der Waals surface area contributed by atoms with Crippen molar-refractivity contribution in [2.75, 3.05) is 6.61 Å². The lowest BCUT2D eigenvalue weighted by Crippen LogP contribution is -2.01. The highest BCUT2D eigenvalue weighted by Crippen LogP contribution is 2.32. The SMILES string of the molecule is CCOc1ccc(I)c(C(C)=O)c1Br. The second-order valence-corrected chi connectivity index (χ2v) is 4.68. The molecule has 1 rings (SSSR count). The van der Waals surface area contributed by atoms with Gasteiger partial charge in [-0.1, -0.05) is 0 Å². The first-order chi connectivity index (χ1) is 6.57. The number of halogens is 2. The summed E-state index contributed by atoms with van der Waals surface area (Å²) in [5.74, 6) is 0.765. The molecule has 0 aromatic heterocycles. The average Bonchev–Trinajstić information content (AvgIpc) is 2.10. The highest BCUT2D eigenvalue weighted by molar-refractivity contribution is 14.1. The Morgan fingerprint density at radius 3 is 2.71 bits per heavy atom. The molecule has 0 aliphatic rings. The number of Topliss-reactive ketones (excluding diaryl/α,β-unsaturated/α-hetero) is 1. The topological polar surface area (TPSA) is 26.3 Å². The quantitative estimate of drug-likeness (QED) is 0.601. The van der Waals surface area contributed by atoms with Gasteiger partial charge in [0.05, 0.1) is 11.1 Å². The van der Waals surface area contributed by atoms with Crippen LogP contribution in [0.25, 0.3) is 0 Å². The molecule has 0 N–H and O–H groups in total. The first-order valence-corrected chi connectivity index (χ1v) is 6.06. The lowest BCUT2D eigenvalue weighted by Gasteiger charge is -2.09. The molecular formula is C10H10BrIO2. The van der Waals surface area contributed by atoms with Gasteiger partial charge >= 0.3 is 0 Å². The monoisotopic (exact) mass is 368 g/mol. The van der Waals surface area contributed by atoms with Gasteiger partial charge < -0.3 is 4.74 Å². The van der Waals surface area contributed by atoms with Crippen LogP contribution in [-0.4, -0.2) is 12.4 Å². The number of carbonyl (C=O) groups is 1. The molecule has 0 unspecified atom stereocenters. The Hall–Kier alpha value is -0.100. The molecule has 1 aromatic rings. The Labute approximate surface area is 105 Å². The molecule has 0 bridgehead atoms. The van der Waals surface area contributed by atoms with E-state index >= 15 is 0 Å². The third-order valence-electron chi connectivity index (χ3n) is 1.71. The fourth-order valence-electron chi connectivity index (χ4n) is 1.12. The summed E-state index contributed by atoms with van der Waals surface area (Å²) in [6.45, 7) is 4.06. The van der Waals surface area contributed by atoms with Crippen LogP contribution in [0.15, 0.2) is 16.6 Å². The molecule has 2 nitrogen and oxygen atoms in total. The summed E-state index contributed by atoms with van der Waals surface area (Å²) >= 11 is 5.52. The van der Waals surface area contributed by atoms with Gasteiger partial charge in [-0.15, -0.1) is 0 Å². The number of ether oxygens (including phenoxy) is 1. The molecule has 0 aliphatic heterocycles. The minimum absolute atomic E-state index is 0.0443. The van der Waals surface area contributed by atoms with Crippen LogP contribution in [0.3, 0.4) is 0 Å². The first kappa shape index (κ1) is 12.0. The Morgan fingerprint density at radius 2 is 2.21 bits per heavy atom. The van der Waals surface area contributed by atoms with Crippen LogP contribution in [0, 0.1) is 3.57 Å². The van der Waals surface area contributed by atoms with Crippen molar-refractivity contribution in [1.29, 1.82) is 0 Å². The van der Waals surface area contributed by atoms with E-state index in [-0.39, 0.29) is 5.78 Å². The third-order valence-corrected chi connectivity index (χ3v) is 3.39. The van der Waals surface area contributed by atoms with Gasteiger partial charge in [-0.25, -0.2) is 0 Å². The number of benzene rings is 1. The number of hydrogen-bond donors (Lipinski definition) is 0. The standard InChI is InChI=1S/C10H10BrIO2/c1-3-14-8-5-4-7(12)9(6(2)13)10(8)11/h4-5H,3H2,1-2H3. The van der Waals surface area contributed by atoms with Crippen molar-refractivity contribution in [3.8, 4) is 5.75 Å². The lowest BCUT2D eigenvalue weighted by atomic mass is 10.1. The maximum atomic E-state index is 11.4. The normalized spacial score (nSPS) is 10.0. The Bertz CT molecular complexity index is 363. The van der Waals surface area contributed by atoms with Crippen molar-refractivity contribution in [2.24, 2.45) is 0 Å². The predicted octanol–water partition coefficient (Wildman–Crippen LogP) is 3.66. The molecule has 4 heteroatoms. The van der Waals surface area contributed by atoms with Crippen molar-refractivity contribution in [3.63, 3.8) is 0 Å². The zero-order valence-corrected chi connectivity index (χ0v) is 11.7. The van der Waals surface area contributed by atoms with E-state index in [2.05, 4.69) is 38.5 Å². The zero-order valence-electron chi connectivity index (χ0n) is 7.93. The van der Waals surface area contributed by atoms with Crippen LogP contribution in [0.1, 0.15) is 24.2 Å². The Morgan fingerprint density at radius 1 is 1.57 bits per heavy atom. The molecule has 0 saturated heterocycles. The molecule has 0 saturated carbocycles. The fourth-order valence-corrected chi connectivity index (χ4v) is 3.06. The van der Waals surface area contributed by atoms with Gasteiger partial charge in [-0.3, -0.25) is 4.79 Å². The van der Waals surface area contributed by atoms with Crippen molar-refractivity contribution in [2.45, 2.75) is 13.8 Å². The van der Waals surface area contributed by atoms with E-state index in [0.29, 0.717) is 12.2 Å². The highest BCUT2D eigenvalue weighted by Gasteiger charge is 2.14. The third kappa shape index (κ3) is 2.48. The highest BCUT2D eigenvalue weighted by atomic mass is 127. The van der Waals surface area contributed by atoms with E-state index in [1.165, 1.54) is 0 Å². The van der Waals surface area contributed by atoms with Crippen LogP contribution in [0.4, 0.5) is 0 Å². The second kappa shape index (κ2) is 5.11. The lowest BCUT2D eigenvalue weighted by molar-refractivity contribution is 0.101. The van der Waals surface area contributed by atoms with Crippen LogP contribution in [0.2, 0.25) is 0 Å². The number of ketones is 1. The van der Waals surface area contributed by atoms with E-state index in [1.807, 2.05) is 19.1 Å². The molecule has 76 valence electrons. The van der Waals surface area contributed by atoms with Crippen molar-refractivity contribution in [3.05, 3.63) is 25.7 Å². The van der Waals surface area contributed by atoms with Crippen LogP contribution < -0.4 is 4.74 Å². The van der Waals surface area contributed by atoms with Crippen LogP contribution >= 0.6 is 38.5 Å². The molecule has 0 radical (unpaired) electrons. The zero-order chi connectivity index (χ0) is 10.7. The summed E-state index contributed by atoms with van der Waals surface area (Å²) in [5.41, 5.74) is 0.691. The summed E-state index contributed by atoms with van der Waals surface area (Å²) < 4.78 is 7.06. The van der Waals surface area contributed by atoms with Crippen LogP contribution in [-0.2, 0) is 0 Å². The van der Waals surface area contributed by atoms with Gasteiger partial charge in [0, 0.05) is 9.13 Å². The smallest absolute Gasteiger partial charge is 0.162 e.